The standard InChI is InChI=1S/C44H54S2/c1-3-5-7-9-11-13-15-17-19-33-21-27-39-35(29-33)23-25-37-31-41(45-43(37)39)42-32-38-26-24-36-30-34(22-28-40(36)44(38)46-42)20-18-16-14-12-10-8-6-4-2/h21-32H,3-20H2,1-2H3. The topological polar surface area (TPSA) is 0 Å². The molecule has 0 spiro atoms. The van der Waals surface area contributed by atoms with Crippen LogP contribution in [0.2, 0.25) is 0 Å². The highest BCUT2D eigenvalue weighted by molar-refractivity contribution is 7.29. The smallest absolute Gasteiger partial charge is 0.0455 e. The van der Waals surface area contributed by atoms with Gasteiger partial charge in [0.15, 0.2) is 0 Å². The monoisotopic (exact) mass is 646 g/mol. The lowest BCUT2D eigenvalue weighted by Crippen LogP contribution is -1.87. The van der Waals surface area contributed by atoms with Crippen molar-refractivity contribution >= 4 is 64.4 Å². The summed E-state index contributed by atoms with van der Waals surface area (Å²) in [6.07, 6.45) is 24.5. The molecule has 0 amide bonds. The summed E-state index contributed by atoms with van der Waals surface area (Å²) in [6, 6.07) is 28.7. The summed E-state index contributed by atoms with van der Waals surface area (Å²) in [5.41, 5.74) is 2.99. The van der Waals surface area contributed by atoms with Crippen molar-refractivity contribution in [3.8, 4) is 9.75 Å². The van der Waals surface area contributed by atoms with Gasteiger partial charge < -0.3 is 0 Å². The van der Waals surface area contributed by atoms with Crippen molar-refractivity contribution in [1.29, 1.82) is 0 Å². The first-order valence-electron chi connectivity index (χ1n) is 18.6. The summed E-state index contributed by atoms with van der Waals surface area (Å²) in [5, 5.41) is 8.34. The third-order valence-corrected chi connectivity index (χ3v) is 12.6. The molecular weight excluding hydrogens is 593 g/mol. The normalized spacial score (nSPS) is 12.0. The van der Waals surface area contributed by atoms with E-state index >= 15 is 0 Å². The minimum Gasteiger partial charge on any atom is -0.134 e. The molecule has 2 heterocycles. The van der Waals surface area contributed by atoms with Gasteiger partial charge in [0.1, 0.15) is 0 Å². The Hall–Kier alpha value is -2.68. The van der Waals surface area contributed by atoms with Crippen molar-refractivity contribution in [1.82, 2.24) is 0 Å². The molecule has 242 valence electrons. The maximum atomic E-state index is 2.45. The number of unbranched alkanes of at least 4 members (excludes halogenated alkanes) is 14. The molecule has 0 bridgehead atoms. The van der Waals surface area contributed by atoms with Crippen molar-refractivity contribution < 1.29 is 0 Å². The molecule has 0 aliphatic heterocycles. The van der Waals surface area contributed by atoms with Gasteiger partial charge in [-0.2, -0.15) is 0 Å². The largest absolute Gasteiger partial charge is 0.134 e. The van der Waals surface area contributed by atoms with Crippen LogP contribution in [0.5, 0.6) is 0 Å². The number of hydrogen-bond donors (Lipinski definition) is 0. The Balaban J connectivity index is 1.10. The van der Waals surface area contributed by atoms with Crippen LogP contribution in [0.25, 0.3) is 51.5 Å². The van der Waals surface area contributed by atoms with Crippen molar-refractivity contribution in [2.45, 2.75) is 129 Å². The Kier molecular flexibility index (Phi) is 12.2. The number of rotatable bonds is 19. The first-order valence-corrected chi connectivity index (χ1v) is 20.3. The van der Waals surface area contributed by atoms with Crippen LogP contribution in [-0.2, 0) is 12.8 Å². The lowest BCUT2D eigenvalue weighted by Gasteiger charge is -2.05. The van der Waals surface area contributed by atoms with Gasteiger partial charge in [-0.15, -0.1) is 22.7 Å². The first-order chi connectivity index (χ1) is 22.7. The summed E-state index contributed by atoms with van der Waals surface area (Å²) >= 11 is 3.94. The Morgan fingerprint density at radius 1 is 0.370 bits per heavy atom. The minimum atomic E-state index is 1.20. The lowest BCUT2D eigenvalue weighted by atomic mass is 10.0. The molecule has 0 radical (unpaired) electrons. The van der Waals surface area contributed by atoms with E-state index in [2.05, 4.69) is 86.6 Å². The van der Waals surface area contributed by atoms with Crippen LogP contribution in [0.4, 0.5) is 0 Å². The van der Waals surface area contributed by atoms with E-state index < -0.39 is 0 Å². The highest BCUT2D eigenvalue weighted by Crippen LogP contribution is 2.44. The van der Waals surface area contributed by atoms with Gasteiger partial charge in [0.25, 0.3) is 0 Å². The van der Waals surface area contributed by atoms with E-state index in [0.29, 0.717) is 0 Å². The SMILES string of the molecule is CCCCCCCCCCc1ccc2c(ccc3cc(-c4cc5ccc6cc(CCCCCCCCCC)ccc6c5s4)sc32)c1. The van der Waals surface area contributed by atoms with E-state index in [0.717, 1.165) is 0 Å². The Bertz CT molecular complexity index is 1700. The Morgan fingerprint density at radius 2 is 0.739 bits per heavy atom. The van der Waals surface area contributed by atoms with E-state index in [9.17, 15) is 0 Å². The van der Waals surface area contributed by atoms with Crippen molar-refractivity contribution in [3.05, 3.63) is 83.9 Å². The van der Waals surface area contributed by atoms with Crippen LogP contribution in [0.15, 0.2) is 72.8 Å². The van der Waals surface area contributed by atoms with Crippen LogP contribution in [0.1, 0.15) is 128 Å². The maximum Gasteiger partial charge on any atom is 0.0455 e. The fraction of sp³-hybridized carbons (Fsp3) is 0.455. The number of aryl methyl sites for hydroxylation is 2. The first kappa shape index (κ1) is 33.2. The fourth-order valence-corrected chi connectivity index (χ4v) is 9.69. The third-order valence-electron chi connectivity index (χ3n) is 10.0. The molecule has 0 aliphatic carbocycles. The van der Waals surface area contributed by atoms with Gasteiger partial charge in [-0.1, -0.05) is 164 Å². The maximum absolute atomic E-state index is 2.45. The second-order valence-electron chi connectivity index (χ2n) is 13.7. The van der Waals surface area contributed by atoms with Gasteiger partial charge in [-0.3, -0.25) is 0 Å². The zero-order valence-corrected chi connectivity index (χ0v) is 30.1. The molecule has 2 aromatic heterocycles. The number of thiophene rings is 2. The van der Waals surface area contributed by atoms with Crippen LogP contribution >= 0.6 is 22.7 Å². The molecule has 6 aromatic rings. The van der Waals surface area contributed by atoms with Crippen LogP contribution in [0.3, 0.4) is 0 Å². The fourth-order valence-electron chi connectivity index (χ4n) is 7.23. The van der Waals surface area contributed by atoms with Gasteiger partial charge in [-0.25, -0.2) is 0 Å². The molecule has 0 fully saturated rings. The highest BCUT2D eigenvalue weighted by Gasteiger charge is 2.13. The van der Waals surface area contributed by atoms with E-state index in [1.54, 1.807) is 0 Å². The van der Waals surface area contributed by atoms with Crippen molar-refractivity contribution in [3.63, 3.8) is 0 Å². The van der Waals surface area contributed by atoms with E-state index in [4.69, 9.17) is 0 Å². The van der Waals surface area contributed by atoms with Crippen molar-refractivity contribution in [2.24, 2.45) is 0 Å². The second-order valence-corrected chi connectivity index (χ2v) is 15.9. The molecule has 0 saturated heterocycles. The minimum absolute atomic E-state index is 1.20. The molecule has 4 aromatic carbocycles. The van der Waals surface area contributed by atoms with Gasteiger partial charge in [0, 0.05) is 19.2 Å². The molecule has 0 N–H and O–H groups in total. The zero-order valence-electron chi connectivity index (χ0n) is 28.5. The van der Waals surface area contributed by atoms with E-state index in [-0.39, 0.29) is 0 Å². The molecule has 0 atom stereocenters. The predicted molar refractivity (Wildman–Crippen MR) is 210 cm³/mol. The van der Waals surface area contributed by atoms with E-state index in [1.807, 2.05) is 22.7 Å². The van der Waals surface area contributed by atoms with Gasteiger partial charge in [-0.05, 0) is 81.3 Å². The number of hydrogen-bond acceptors (Lipinski definition) is 2. The molecule has 6 rings (SSSR count). The molecule has 46 heavy (non-hydrogen) atoms. The van der Waals surface area contributed by atoms with Gasteiger partial charge >= 0.3 is 0 Å². The van der Waals surface area contributed by atoms with Gasteiger partial charge in [0.2, 0.25) is 0 Å². The average Bonchev–Trinajstić information content (AvgIpc) is 3.72. The summed E-state index contributed by atoms with van der Waals surface area (Å²) < 4.78 is 2.86. The predicted octanol–water partition coefficient (Wildman–Crippen LogP) is 15.5. The van der Waals surface area contributed by atoms with Gasteiger partial charge in [0.05, 0.1) is 0 Å². The number of fused-ring (bicyclic) bond motifs is 6. The zero-order chi connectivity index (χ0) is 31.6. The number of benzene rings is 4. The van der Waals surface area contributed by atoms with Crippen molar-refractivity contribution in [2.75, 3.05) is 0 Å². The summed E-state index contributed by atoms with van der Waals surface area (Å²) in [6.45, 7) is 4.59. The quantitative estimate of drug-likeness (QED) is 0.0768. The summed E-state index contributed by atoms with van der Waals surface area (Å²) in [4.78, 5) is 2.79. The van der Waals surface area contributed by atoms with Crippen LogP contribution < -0.4 is 0 Å². The second kappa shape index (κ2) is 16.9. The molecule has 0 aliphatic rings. The molecular formula is C44H54S2. The van der Waals surface area contributed by atoms with E-state index in [1.165, 1.54) is 178 Å². The van der Waals surface area contributed by atoms with Crippen LogP contribution in [-0.4, -0.2) is 0 Å². The molecule has 0 saturated carbocycles. The molecule has 0 nitrogen and oxygen atoms in total. The Labute approximate surface area is 286 Å². The summed E-state index contributed by atoms with van der Waals surface area (Å²) in [7, 11) is 0. The highest BCUT2D eigenvalue weighted by atomic mass is 32.1. The molecule has 2 heteroatoms. The third kappa shape index (κ3) is 8.42. The molecule has 0 unspecified atom stereocenters. The summed E-state index contributed by atoms with van der Waals surface area (Å²) in [5.74, 6) is 0. The lowest BCUT2D eigenvalue weighted by molar-refractivity contribution is 0.575. The van der Waals surface area contributed by atoms with Crippen LogP contribution in [0, 0.1) is 0 Å². The Morgan fingerprint density at radius 3 is 1.15 bits per heavy atom. The average molecular weight is 647 g/mol.